The fraction of sp³-hybridized carbons (Fsp3) is 0.533. The molecule has 2 N–H and O–H groups in total. The lowest BCUT2D eigenvalue weighted by molar-refractivity contribution is 0.184. The van der Waals surface area contributed by atoms with E-state index in [1.807, 2.05) is 12.1 Å². The summed E-state index contributed by atoms with van der Waals surface area (Å²) in [6.07, 6.45) is 6.88. The topological polar surface area (TPSA) is 29.3 Å². The van der Waals surface area contributed by atoms with Gasteiger partial charge in [-0.2, -0.15) is 0 Å². The zero-order valence-corrected chi connectivity index (χ0v) is 11.9. The zero-order valence-electron chi connectivity index (χ0n) is 11.1. The number of hydrogen-bond donors (Lipinski definition) is 1. The highest BCUT2D eigenvalue weighted by molar-refractivity contribution is 7.80. The molecule has 0 atom stereocenters. The molecule has 1 saturated carbocycles. The van der Waals surface area contributed by atoms with Crippen LogP contribution in [0.5, 0.6) is 0 Å². The Hall–Kier alpha value is -0.930. The minimum Gasteiger partial charge on any atom is -0.389 e. The smallest absolute Gasteiger partial charge is 0.103 e. The molecule has 2 rings (SSSR count). The van der Waals surface area contributed by atoms with Crippen molar-refractivity contribution in [3.63, 3.8) is 0 Å². The van der Waals surface area contributed by atoms with Crippen LogP contribution in [-0.2, 0) is 6.54 Å². The van der Waals surface area contributed by atoms with Crippen LogP contribution in [0.1, 0.15) is 43.2 Å². The minimum atomic E-state index is 0.474. The number of benzene rings is 1. The molecule has 0 heterocycles. The van der Waals surface area contributed by atoms with Crippen molar-refractivity contribution in [2.24, 2.45) is 5.73 Å². The van der Waals surface area contributed by atoms with Crippen LogP contribution >= 0.6 is 12.2 Å². The molecule has 0 spiro atoms. The van der Waals surface area contributed by atoms with Crippen LogP contribution in [0.15, 0.2) is 24.3 Å². The van der Waals surface area contributed by atoms with Crippen molar-refractivity contribution in [3.8, 4) is 0 Å². The van der Waals surface area contributed by atoms with Crippen LogP contribution in [0.4, 0.5) is 0 Å². The molecule has 0 aromatic heterocycles. The fourth-order valence-electron chi connectivity index (χ4n) is 2.71. The van der Waals surface area contributed by atoms with Crippen molar-refractivity contribution >= 4 is 17.2 Å². The molecule has 0 amide bonds. The van der Waals surface area contributed by atoms with Gasteiger partial charge in [0, 0.05) is 18.2 Å². The minimum absolute atomic E-state index is 0.474. The van der Waals surface area contributed by atoms with E-state index < -0.39 is 0 Å². The third kappa shape index (κ3) is 3.53. The van der Waals surface area contributed by atoms with Gasteiger partial charge in [0.25, 0.3) is 0 Å². The van der Waals surface area contributed by atoms with Gasteiger partial charge in [-0.3, -0.25) is 4.90 Å². The first-order valence-corrected chi connectivity index (χ1v) is 7.16. The van der Waals surface area contributed by atoms with Crippen molar-refractivity contribution in [2.45, 2.75) is 44.7 Å². The van der Waals surface area contributed by atoms with Crippen molar-refractivity contribution in [1.82, 2.24) is 4.90 Å². The summed E-state index contributed by atoms with van der Waals surface area (Å²) < 4.78 is 0. The number of hydrogen-bond acceptors (Lipinski definition) is 2. The number of nitrogens with two attached hydrogens (primary N) is 1. The summed E-state index contributed by atoms with van der Waals surface area (Å²) in [6, 6.07) is 9.06. The van der Waals surface area contributed by atoms with Crippen LogP contribution < -0.4 is 5.73 Å². The molecule has 3 heteroatoms. The monoisotopic (exact) mass is 262 g/mol. The van der Waals surface area contributed by atoms with Crippen molar-refractivity contribution in [3.05, 3.63) is 35.4 Å². The Balaban J connectivity index is 1.93. The van der Waals surface area contributed by atoms with E-state index in [1.165, 1.54) is 37.7 Å². The molecule has 0 bridgehead atoms. The van der Waals surface area contributed by atoms with E-state index in [4.69, 9.17) is 18.0 Å². The van der Waals surface area contributed by atoms with Crippen LogP contribution in [0.2, 0.25) is 0 Å². The van der Waals surface area contributed by atoms with E-state index in [0.29, 0.717) is 4.99 Å². The van der Waals surface area contributed by atoms with E-state index in [1.54, 1.807) is 0 Å². The van der Waals surface area contributed by atoms with Gasteiger partial charge in [-0.05, 0) is 25.5 Å². The first kappa shape index (κ1) is 13.5. The average Bonchev–Trinajstić information content (AvgIpc) is 2.40. The van der Waals surface area contributed by atoms with Gasteiger partial charge in [0.1, 0.15) is 4.99 Å². The van der Waals surface area contributed by atoms with E-state index in [2.05, 4.69) is 24.1 Å². The molecule has 1 aliphatic carbocycles. The molecule has 0 saturated heterocycles. The second-order valence-electron chi connectivity index (χ2n) is 5.27. The lowest BCUT2D eigenvalue weighted by atomic mass is 9.94. The Bertz CT molecular complexity index is 393. The summed E-state index contributed by atoms with van der Waals surface area (Å²) in [5, 5.41) is 0. The highest BCUT2D eigenvalue weighted by Crippen LogP contribution is 2.22. The van der Waals surface area contributed by atoms with Crippen LogP contribution in [0.3, 0.4) is 0 Å². The van der Waals surface area contributed by atoms with Gasteiger partial charge in [-0.1, -0.05) is 55.7 Å². The summed E-state index contributed by atoms with van der Waals surface area (Å²) in [7, 11) is 2.23. The van der Waals surface area contributed by atoms with Gasteiger partial charge in [0.15, 0.2) is 0 Å². The third-order valence-electron chi connectivity index (χ3n) is 3.87. The molecular weight excluding hydrogens is 240 g/mol. The van der Waals surface area contributed by atoms with Crippen LogP contribution in [0, 0.1) is 0 Å². The lowest BCUT2D eigenvalue weighted by Gasteiger charge is -2.31. The molecule has 1 aliphatic rings. The van der Waals surface area contributed by atoms with Gasteiger partial charge in [0.2, 0.25) is 0 Å². The maximum absolute atomic E-state index is 5.60. The van der Waals surface area contributed by atoms with Gasteiger partial charge >= 0.3 is 0 Å². The summed E-state index contributed by atoms with van der Waals surface area (Å²) >= 11 is 4.96. The molecule has 2 nitrogen and oxygen atoms in total. The normalized spacial score (nSPS) is 17.0. The van der Waals surface area contributed by atoms with E-state index in [9.17, 15) is 0 Å². The second kappa shape index (κ2) is 6.30. The molecule has 1 aromatic rings. The standard InChI is InChI=1S/C15H22N2S/c1-17(14-5-3-2-4-6-14)11-12-7-9-13(10-8-12)15(16)18/h7-10,14H,2-6,11H2,1H3,(H2,16,18). The molecule has 0 unspecified atom stereocenters. The van der Waals surface area contributed by atoms with E-state index in [-0.39, 0.29) is 0 Å². The maximum Gasteiger partial charge on any atom is 0.103 e. The van der Waals surface area contributed by atoms with Gasteiger partial charge < -0.3 is 5.73 Å². The van der Waals surface area contributed by atoms with Gasteiger partial charge in [-0.25, -0.2) is 0 Å². The highest BCUT2D eigenvalue weighted by Gasteiger charge is 2.17. The fourth-order valence-corrected chi connectivity index (χ4v) is 2.85. The molecule has 1 aromatic carbocycles. The van der Waals surface area contributed by atoms with Crippen LogP contribution in [-0.4, -0.2) is 23.0 Å². The Labute approximate surface area is 115 Å². The van der Waals surface area contributed by atoms with Crippen molar-refractivity contribution < 1.29 is 0 Å². The number of nitrogens with zero attached hydrogens (tertiary/aromatic N) is 1. The van der Waals surface area contributed by atoms with E-state index in [0.717, 1.165) is 18.2 Å². The quantitative estimate of drug-likeness (QED) is 0.846. The first-order valence-electron chi connectivity index (χ1n) is 6.76. The Morgan fingerprint density at radius 2 is 1.83 bits per heavy atom. The predicted octanol–water partition coefficient (Wildman–Crippen LogP) is 3.09. The number of thiocarbonyl (C=S) groups is 1. The van der Waals surface area contributed by atoms with Crippen molar-refractivity contribution in [2.75, 3.05) is 7.05 Å². The summed E-state index contributed by atoms with van der Waals surface area (Å²) in [4.78, 5) is 2.96. The molecule has 1 fully saturated rings. The molecule has 0 radical (unpaired) electrons. The maximum atomic E-state index is 5.60. The van der Waals surface area contributed by atoms with Gasteiger partial charge in [-0.15, -0.1) is 0 Å². The third-order valence-corrected chi connectivity index (χ3v) is 4.10. The zero-order chi connectivity index (χ0) is 13.0. The Morgan fingerprint density at radius 3 is 2.39 bits per heavy atom. The second-order valence-corrected chi connectivity index (χ2v) is 5.71. The summed E-state index contributed by atoms with van der Waals surface area (Å²) in [5.41, 5.74) is 7.89. The summed E-state index contributed by atoms with van der Waals surface area (Å²) in [6.45, 7) is 1.02. The molecule has 0 aliphatic heterocycles. The highest BCUT2D eigenvalue weighted by atomic mass is 32.1. The van der Waals surface area contributed by atoms with Gasteiger partial charge in [0.05, 0.1) is 0 Å². The molecule has 98 valence electrons. The van der Waals surface area contributed by atoms with E-state index >= 15 is 0 Å². The molecular formula is C15H22N2S. The predicted molar refractivity (Wildman–Crippen MR) is 80.7 cm³/mol. The first-order chi connectivity index (χ1) is 8.66. The Morgan fingerprint density at radius 1 is 1.22 bits per heavy atom. The Kier molecular flexibility index (Phi) is 4.72. The SMILES string of the molecule is CN(Cc1ccc(C(N)=S)cc1)C1CCCCC1. The average molecular weight is 262 g/mol. The summed E-state index contributed by atoms with van der Waals surface area (Å²) in [5.74, 6) is 0. The largest absolute Gasteiger partial charge is 0.389 e. The van der Waals surface area contributed by atoms with Crippen molar-refractivity contribution in [1.29, 1.82) is 0 Å². The number of rotatable bonds is 4. The van der Waals surface area contributed by atoms with Crippen LogP contribution in [0.25, 0.3) is 0 Å². The molecule has 18 heavy (non-hydrogen) atoms. The lowest BCUT2D eigenvalue weighted by Crippen LogP contribution is -2.32.